The number of ketones is 2. The highest BCUT2D eigenvalue weighted by atomic mass is 32.1. The molecule has 0 heterocycles. The number of carbonyl (C=O) groups excluding carboxylic acids is 2. The average molecular weight is 713 g/mol. The molecule has 3 aromatic rings. The van der Waals surface area contributed by atoms with E-state index in [1.54, 1.807) is 24.3 Å². The number of Topliss-reactive ketones (excluding diaryl/α,β-unsaturated/α-hetero) is 1. The van der Waals surface area contributed by atoms with Gasteiger partial charge in [0.15, 0.2) is 5.78 Å². The summed E-state index contributed by atoms with van der Waals surface area (Å²) in [5, 5.41) is 0.470. The quantitative estimate of drug-likeness (QED) is 0.238. The maximum atomic E-state index is 14.4. The van der Waals surface area contributed by atoms with Crippen LogP contribution in [0.1, 0.15) is 78.2 Å². The van der Waals surface area contributed by atoms with Crippen molar-refractivity contribution in [2.75, 3.05) is 0 Å². The number of benzene rings is 3. The molecule has 0 aliphatic heterocycles. The van der Waals surface area contributed by atoms with Gasteiger partial charge >= 0.3 is 7.60 Å². The van der Waals surface area contributed by atoms with Crippen LogP contribution in [0.2, 0.25) is 0 Å². The van der Waals surface area contributed by atoms with E-state index >= 15 is 0 Å². The summed E-state index contributed by atoms with van der Waals surface area (Å²) in [6.07, 6.45) is 7.50. The molecule has 0 spiro atoms. The molecule has 0 saturated heterocycles. The molecule has 47 heavy (non-hydrogen) atoms. The van der Waals surface area contributed by atoms with Crippen LogP contribution in [0.15, 0.2) is 108 Å². The predicted molar refractivity (Wildman–Crippen MR) is 208 cm³/mol. The number of hydrogen-bond donors (Lipinski definition) is 0. The zero-order chi connectivity index (χ0) is 28.9. The third-order valence-electron chi connectivity index (χ3n) is 9.99. The second-order valence-corrected chi connectivity index (χ2v) is 14.2. The van der Waals surface area contributed by atoms with Crippen molar-refractivity contribution in [2.45, 2.75) is 72.6 Å². The Bertz CT molecular complexity index is 1610. The Kier molecular flexibility index (Phi) is 13.9. The van der Waals surface area contributed by atoms with Crippen LogP contribution in [-0.4, -0.2) is 11.6 Å². The van der Waals surface area contributed by atoms with Crippen LogP contribution in [0.3, 0.4) is 0 Å². The monoisotopic (exact) mass is 712 g/mol. The molecule has 0 aromatic heterocycles. The summed E-state index contributed by atoms with van der Waals surface area (Å²) in [5.74, 6) is 2.33. The van der Waals surface area contributed by atoms with Crippen LogP contribution in [0, 0.1) is 17.3 Å². The van der Waals surface area contributed by atoms with Gasteiger partial charge in [-0.05, 0) is 103 Å². The first kappa shape index (κ1) is 40.5. The van der Waals surface area contributed by atoms with Crippen molar-refractivity contribution in [2.24, 2.45) is 17.3 Å². The number of carbonyl (C=O) groups is 2. The van der Waals surface area contributed by atoms with E-state index in [1.807, 2.05) is 66.7 Å². The molecule has 4 atom stereocenters. The van der Waals surface area contributed by atoms with Crippen molar-refractivity contribution >= 4 is 65.0 Å². The average Bonchev–Trinajstić information content (AvgIpc) is 3.31. The van der Waals surface area contributed by atoms with Crippen LogP contribution in [0.5, 0.6) is 11.5 Å². The molecule has 0 N–H and O–H groups in total. The number of rotatable bonds is 6. The van der Waals surface area contributed by atoms with Gasteiger partial charge in [-0.1, -0.05) is 75.9 Å². The Labute approximate surface area is 301 Å². The van der Waals surface area contributed by atoms with E-state index in [0.717, 1.165) is 37.7 Å². The smallest absolute Gasteiger partial charge is 0.413 e. The lowest BCUT2D eigenvalue weighted by atomic mass is 9.53. The maximum Gasteiger partial charge on any atom is 0.462 e. The number of hydrogen-bond acceptors (Lipinski definition) is 5. The van der Waals surface area contributed by atoms with Gasteiger partial charge < -0.3 is 9.05 Å². The SMILES string of the molecule is C.C.C[C@]12C[C@H](c3ccc(P(=O)(Oc4ccccc4)Oc4ccccc4)cc3)C3=C4CCC(=O)C=C4CC[C@H]3[C@@H]1CCC2=O.S.S.S. The van der Waals surface area contributed by atoms with Crippen molar-refractivity contribution in [1.29, 1.82) is 0 Å². The van der Waals surface area contributed by atoms with E-state index in [9.17, 15) is 14.2 Å². The van der Waals surface area contributed by atoms with E-state index in [0.29, 0.717) is 47.3 Å². The fourth-order valence-corrected chi connectivity index (χ4v) is 9.55. The molecule has 0 unspecified atom stereocenters. The normalized spacial score (nSPS) is 24.2. The summed E-state index contributed by atoms with van der Waals surface area (Å²) in [4.78, 5) is 25.6. The van der Waals surface area contributed by atoms with Crippen LogP contribution < -0.4 is 14.4 Å². The van der Waals surface area contributed by atoms with Gasteiger partial charge in [-0.3, -0.25) is 9.59 Å². The zero-order valence-corrected chi connectivity index (χ0v) is 29.2. The maximum absolute atomic E-state index is 14.4. The summed E-state index contributed by atoms with van der Waals surface area (Å²) >= 11 is 0. The lowest BCUT2D eigenvalue weighted by Gasteiger charge is -2.50. The molecule has 4 aliphatic carbocycles. The molecule has 3 aromatic carbocycles. The van der Waals surface area contributed by atoms with Crippen molar-refractivity contribution in [3.05, 3.63) is 113 Å². The minimum atomic E-state index is -3.79. The summed E-state index contributed by atoms with van der Waals surface area (Å²) in [7, 11) is -3.79. The van der Waals surface area contributed by atoms with E-state index in [-0.39, 0.29) is 72.5 Å². The standard InChI is InChI=1S/C36H35O5P.2CH4.3H2S/c1-36-23-32(35-30-19-15-26(37)22-25(30)14-18-31(35)33(36)20-21-34(36)38)24-12-16-29(17-13-24)42(39,40-27-8-4-2-5-9-27)41-28-10-6-3-7-11-28;;;;;/h2-13,16-17,22,31-33H,14-15,18-21,23H2,1H3;2*1H4;3*1H2/t31-,32+,33-,36-;;;;;/m0...../s1. The van der Waals surface area contributed by atoms with Gasteiger partial charge in [0.2, 0.25) is 0 Å². The molecule has 0 bridgehead atoms. The Morgan fingerprint density at radius 1 is 0.723 bits per heavy atom. The first-order valence-electron chi connectivity index (χ1n) is 15.0. The largest absolute Gasteiger partial charge is 0.462 e. The molecule has 5 nitrogen and oxygen atoms in total. The molecule has 9 heteroatoms. The highest BCUT2D eigenvalue weighted by Gasteiger charge is 2.56. The minimum Gasteiger partial charge on any atom is -0.413 e. The van der Waals surface area contributed by atoms with Crippen LogP contribution in [0.4, 0.5) is 0 Å². The number of para-hydroxylation sites is 2. The predicted octanol–water partition coefficient (Wildman–Crippen LogP) is 9.74. The molecule has 2 saturated carbocycles. The fourth-order valence-electron chi connectivity index (χ4n) is 7.98. The van der Waals surface area contributed by atoms with E-state index in [1.165, 1.54) is 16.7 Å². The van der Waals surface area contributed by atoms with Gasteiger partial charge in [0.25, 0.3) is 0 Å². The summed E-state index contributed by atoms with van der Waals surface area (Å²) in [5.41, 5.74) is 4.76. The molecule has 0 amide bonds. The first-order chi connectivity index (χ1) is 20.3. The van der Waals surface area contributed by atoms with Gasteiger partial charge in [0.05, 0.1) is 5.30 Å². The van der Waals surface area contributed by atoms with Crippen molar-refractivity contribution in [3.8, 4) is 11.5 Å². The Balaban J connectivity index is 0.00000154. The van der Waals surface area contributed by atoms with Gasteiger partial charge in [-0.25, -0.2) is 4.57 Å². The Hall–Kier alpha value is -2.64. The van der Waals surface area contributed by atoms with Crippen molar-refractivity contribution < 1.29 is 23.2 Å². The second kappa shape index (κ2) is 16.2. The van der Waals surface area contributed by atoms with Gasteiger partial charge in [0, 0.05) is 24.2 Å². The summed E-state index contributed by atoms with van der Waals surface area (Å²) in [6, 6.07) is 26.0. The highest BCUT2D eigenvalue weighted by molar-refractivity contribution is 7.63. The van der Waals surface area contributed by atoms with Gasteiger partial charge in [-0.15, -0.1) is 0 Å². The van der Waals surface area contributed by atoms with E-state index in [4.69, 9.17) is 9.05 Å². The highest BCUT2D eigenvalue weighted by Crippen LogP contribution is 2.62. The molecule has 4 aliphatic rings. The lowest BCUT2D eigenvalue weighted by Crippen LogP contribution is -2.43. The van der Waals surface area contributed by atoms with Crippen LogP contribution >= 0.6 is 48.1 Å². The van der Waals surface area contributed by atoms with Gasteiger partial charge in [0.1, 0.15) is 17.3 Å². The molecular formula is C38H49O5PS3. The van der Waals surface area contributed by atoms with E-state index < -0.39 is 7.60 Å². The molecular weight excluding hydrogens is 664 g/mol. The zero-order valence-electron chi connectivity index (χ0n) is 25.3. The van der Waals surface area contributed by atoms with E-state index in [2.05, 4.69) is 6.92 Å². The first-order valence-corrected chi connectivity index (χ1v) is 16.6. The second-order valence-electron chi connectivity index (χ2n) is 12.4. The summed E-state index contributed by atoms with van der Waals surface area (Å²) in [6.45, 7) is 2.18. The van der Waals surface area contributed by atoms with Crippen molar-refractivity contribution in [3.63, 3.8) is 0 Å². The number of fused-ring (bicyclic) bond motifs is 4. The molecule has 2 fully saturated rings. The van der Waals surface area contributed by atoms with Gasteiger partial charge in [-0.2, -0.15) is 40.5 Å². The molecule has 0 radical (unpaired) electrons. The lowest BCUT2D eigenvalue weighted by molar-refractivity contribution is -0.128. The van der Waals surface area contributed by atoms with Crippen molar-refractivity contribution in [1.82, 2.24) is 0 Å². The third-order valence-corrected chi connectivity index (χ3v) is 11.8. The fraction of sp³-hybridized carbons (Fsp3) is 0.368. The minimum absolute atomic E-state index is 0. The topological polar surface area (TPSA) is 69.7 Å². The molecule has 7 rings (SSSR count). The summed E-state index contributed by atoms with van der Waals surface area (Å²) < 4.78 is 26.5. The number of allylic oxidation sites excluding steroid dienone is 4. The Morgan fingerprint density at radius 3 is 1.87 bits per heavy atom. The Morgan fingerprint density at radius 2 is 1.30 bits per heavy atom. The third kappa shape index (κ3) is 7.51. The molecule has 254 valence electrons. The van der Waals surface area contributed by atoms with Crippen LogP contribution in [0.25, 0.3) is 0 Å². The van der Waals surface area contributed by atoms with Crippen LogP contribution in [-0.2, 0) is 14.2 Å².